The highest BCUT2D eigenvalue weighted by Crippen LogP contribution is 2.13. The molecule has 1 amide bonds. The van der Waals surface area contributed by atoms with Crippen molar-refractivity contribution in [1.82, 2.24) is 10.2 Å². The first-order chi connectivity index (χ1) is 10.7. The van der Waals surface area contributed by atoms with Crippen molar-refractivity contribution in [2.24, 2.45) is 10.9 Å². The predicted octanol–water partition coefficient (Wildman–Crippen LogP) is 1.17. The van der Waals surface area contributed by atoms with Crippen LogP contribution >= 0.6 is 0 Å². The molecule has 0 spiro atoms. The molecule has 0 aromatic heterocycles. The zero-order valence-corrected chi connectivity index (χ0v) is 13.2. The molecule has 1 saturated heterocycles. The van der Waals surface area contributed by atoms with Gasteiger partial charge in [0.2, 0.25) is 5.91 Å². The number of benzene rings is 1. The van der Waals surface area contributed by atoms with E-state index in [1.807, 2.05) is 42.3 Å². The first kappa shape index (κ1) is 16.3. The van der Waals surface area contributed by atoms with E-state index in [1.165, 1.54) is 0 Å². The summed E-state index contributed by atoms with van der Waals surface area (Å²) in [5.74, 6) is 1.15. The Balaban J connectivity index is 1.76. The summed E-state index contributed by atoms with van der Waals surface area (Å²) < 4.78 is 5.38. The van der Waals surface area contributed by atoms with E-state index in [9.17, 15) is 4.79 Å². The number of aliphatic imine (C=N–C) groups is 1. The highest BCUT2D eigenvalue weighted by molar-refractivity contribution is 5.94. The molecule has 2 N–H and O–H groups in total. The van der Waals surface area contributed by atoms with Crippen LogP contribution < -0.4 is 10.6 Å². The lowest BCUT2D eigenvalue weighted by Crippen LogP contribution is -2.44. The lowest BCUT2D eigenvalue weighted by molar-refractivity contribution is -0.115. The number of nitrogens with zero attached hydrogens (tertiary/aromatic N) is 2. The number of hydrogen-bond donors (Lipinski definition) is 2. The first-order valence-corrected chi connectivity index (χ1v) is 7.53. The summed E-state index contributed by atoms with van der Waals surface area (Å²) in [5.41, 5.74) is 0.792. The van der Waals surface area contributed by atoms with Crippen molar-refractivity contribution in [1.29, 1.82) is 0 Å². The molecule has 2 rings (SSSR count). The number of carbonyl (C=O) groups is 1. The van der Waals surface area contributed by atoms with Gasteiger partial charge in [-0.15, -0.1) is 0 Å². The lowest BCUT2D eigenvalue weighted by atomic mass is 10.1. The van der Waals surface area contributed by atoms with Gasteiger partial charge in [-0.25, -0.2) is 0 Å². The Morgan fingerprint density at radius 2 is 2.18 bits per heavy atom. The number of ether oxygens (including phenoxy) is 1. The second kappa shape index (κ2) is 8.38. The van der Waals surface area contributed by atoms with Crippen molar-refractivity contribution in [3.63, 3.8) is 0 Å². The van der Waals surface area contributed by atoms with Gasteiger partial charge in [0.25, 0.3) is 0 Å². The Bertz CT molecular complexity index is 498. The zero-order chi connectivity index (χ0) is 15.8. The smallest absolute Gasteiger partial charge is 0.243 e. The SMILES string of the molecule is CN=C(NCC(=O)Nc1ccccc1)N(C)CC1CCOC1. The van der Waals surface area contributed by atoms with E-state index in [4.69, 9.17) is 4.74 Å². The second-order valence-corrected chi connectivity index (χ2v) is 5.43. The fourth-order valence-electron chi connectivity index (χ4n) is 2.47. The van der Waals surface area contributed by atoms with Gasteiger partial charge in [-0.2, -0.15) is 0 Å². The van der Waals surface area contributed by atoms with Gasteiger partial charge in [0.15, 0.2) is 5.96 Å². The Morgan fingerprint density at radius 1 is 1.41 bits per heavy atom. The fraction of sp³-hybridized carbons (Fsp3) is 0.500. The predicted molar refractivity (Wildman–Crippen MR) is 88.0 cm³/mol. The van der Waals surface area contributed by atoms with Gasteiger partial charge >= 0.3 is 0 Å². The normalized spacial score (nSPS) is 18.1. The van der Waals surface area contributed by atoms with E-state index in [1.54, 1.807) is 7.05 Å². The van der Waals surface area contributed by atoms with Gasteiger partial charge in [-0.1, -0.05) is 18.2 Å². The van der Waals surface area contributed by atoms with Gasteiger partial charge in [-0.3, -0.25) is 9.79 Å². The van der Waals surface area contributed by atoms with Gasteiger partial charge in [-0.05, 0) is 18.6 Å². The molecule has 1 aromatic carbocycles. The minimum absolute atomic E-state index is 0.0926. The van der Waals surface area contributed by atoms with Crippen molar-refractivity contribution in [3.05, 3.63) is 30.3 Å². The molecular formula is C16H24N4O2. The van der Waals surface area contributed by atoms with Crippen LogP contribution in [0.5, 0.6) is 0 Å². The van der Waals surface area contributed by atoms with E-state index in [-0.39, 0.29) is 12.5 Å². The lowest BCUT2D eigenvalue weighted by Gasteiger charge is -2.24. The fourth-order valence-corrected chi connectivity index (χ4v) is 2.47. The number of para-hydroxylation sites is 1. The summed E-state index contributed by atoms with van der Waals surface area (Å²) in [6.45, 7) is 2.70. The highest BCUT2D eigenvalue weighted by Gasteiger charge is 2.19. The third kappa shape index (κ3) is 5.04. The van der Waals surface area contributed by atoms with Crippen LogP contribution in [0.3, 0.4) is 0 Å². The molecular weight excluding hydrogens is 280 g/mol. The summed E-state index contributed by atoms with van der Waals surface area (Å²) >= 11 is 0. The van der Waals surface area contributed by atoms with Crippen molar-refractivity contribution in [2.45, 2.75) is 6.42 Å². The molecule has 0 radical (unpaired) electrons. The van der Waals surface area contributed by atoms with Crippen molar-refractivity contribution >= 4 is 17.6 Å². The van der Waals surface area contributed by atoms with Crippen LogP contribution in [0.4, 0.5) is 5.69 Å². The molecule has 120 valence electrons. The molecule has 6 heteroatoms. The van der Waals surface area contributed by atoms with Gasteiger partial charge in [0.05, 0.1) is 13.2 Å². The second-order valence-electron chi connectivity index (χ2n) is 5.43. The van der Waals surface area contributed by atoms with Crippen LogP contribution in [0.2, 0.25) is 0 Å². The van der Waals surface area contributed by atoms with Gasteiger partial charge in [0, 0.05) is 38.9 Å². The van der Waals surface area contributed by atoms with Crippen LogP contribution in [-0.4, -0.2) is 57.2 Å². The molecule has 0 bridgehead atoms. The van der Waals surface area contributed by atoms with Gasteiger partial charge < -0.3 is 20.3 Å². The van der Waals surface area contributed by atoms with Crippen LogP contribution in [0.25, 0.3) is 0 Å². The average molecular weight is 304 g/mol. The topological polar surface area (TPSA) is 66.0 Å². The highest BCUT2D eigenvalue weighted by atomic mass is 16.5. The van der Waals surface area contributed by atoms with Crippen molar-refractivity contribution in [2.75, 3.05) is 45.7 Å². The third-order valence-corrected chi connectivity index (χ3v) is 3.59. The molecule has 22 heavy (non-hydrogen) atoms. The number of carbonyl (C=O) groups excluding carboxylic acids is 1. The maximum atomic E-state index is 11.9. The summed E-state index contributed by atoms with van der Waals surface area (Å²) in [6, 6.07) is 9.41. The van der Waals surface area contributed by atoms with E-state index < -0.39 is 0 Å². The Kier molecular flexibility index (Phi) is 6.21. The molecule has 1 fully saturated rings. The molecule has 0 saturated carbocycles. The van der Waals surface area contributed by atoms with Crippen molar-refractivity contribution < 1.29 is 9.53 Å². The molecule has 1 aliphatic rings. The van der Waals surface area contributed by atoms with Gasteiger partial charge in [0.1, 0.15) is 0 Å². The number of amides is 1. The average Bonchev–Trinajstić information content (AvgIpc) is 3.01. The third-order valence-electron chi connectivity index (χ3n) is 3.59. The molecule has 1 aliphatic heterocycles. The van der Waals surface area contributed by atoms with Crippen LogP contribution in [0.1, 0.15) is 6.42 Å². The number of guanidine groups is 1. The summed E-state index contributed by atoms with van der Waals surface area (Å²) in [7, 11) is 3.70. The minimum Gasteiger partial charge on any atom is -0.381 e. The van der Waals surface area contributed by atoms with Crippen molar-refractivity contribution in [3.8, 4) is 0 Å². The molecule has 1 heterocycles. The number of anilines is 1. The molecule has 1 aromatic rings. The van der Waals surface area contributed by atoms with Crippen LogP contribution in [0, 0.1) is 5.92 Å². The Labute approximate surface area is 131 Å². The minimum atomic E-state index is -0.0926. The quantitative estimate of drug-likeness (QED) is 0.633. The monoisotopic (exact) mass is 304 g/mol. The Hall–Kier alpha value is -2.08. The first-order valence-electron chi connectivity index (χ1n) is 7.53. The number of hydrogen-bond acceptors (Lipinski definition) is 3. The Morgan fingerprint density at radius 3 is 2.82 bits per heavy atom. The summed E-state index contributed by atoms with van der Waals surface area (Å²) in [5, 5.41) is 5.92. The van der Waals surface area contributed by atoms with Crippen LogP contribution in [0.15, 0.2) is 35.3 Å². The standard InChI is InChI=1S/C16H24N4O2/c1-17-16(20(2)11-13-8-9-22-12-13)18-10-15(21)19-14-6-4-3-5-7-14/h3-7,13H,8-12H2,1-2H3,(H,17,18)(H,19,21). The zero-order valence-electron chi connectivity index (χ0n) is 13.2. The van der Waals surface area contributed by atoms with E-state index >= 15 is 0 Å². The summed E-state index contributed by atoms with van der Waals surface area (Å²) in [6.07, 6.45) is 1.08. The van der Waals surface area contributed by atoms with E-state index in [0.717, 1.165) is 37.8 Å². The van der Waals surface area contributed by atoms with E-state index in [2.05, 4.69) is 15.6 Å². The van der Waals surface area contributed by atoms with E-state index in [0.29, 0.717) is 5.92 Å². The van der Waals surface area contributed by atoms with Crippen LogP contribution in [-0.2, 0) is 9.53 Å². The maximum absolute atomic E-state index is 11.9. The summed E-state index contributed by atoms with van der Waals surface area (Å²) in [4.78, 5) is 18.2. The molecule has 6 nitrogen and oxygen atoms in total. The molecule has 1 unspecified atom stereocenters. The molecule has 1 atom stereocenters. The number of nitrogens with one attached hydrogen (secondary N) is 2. The number of rotatable bonds is 5. The maximum Gasteiger partial charge on any atom is 0.243 e. The largest absolute Gasteiger partial charge is 0.381 e. The molecule has 0 aliphatic carbocycles.